The molecule has 0 saturated carbocycles. The first-order valence-corrected chi connectivity index (χ1v) is 2.00. The fourth-order valence-electron chi connectivity index (χ4n) is 0.151. The van der Waals surface area contributed by atoms with Crippen LogP contribution < -0.4 is 5.43 Å². The van der Waals surface area contributed by atoms with Crippen LogP contribution in [0.2, 0.25) is 0 Å². The highest BCUT2D eigenvalue weighted by atomic mass is 16.2. The largest absolute Gasteiger partial charge is 0.273 e. The minimum absolute atomic E-state index is 0. The van der Waals surface area contributed by atoms with Gasteiger partial charge in [-0.3, -0.25) is 4.79 Å². The van der Waals surface area contributed by atoms with Gasteiger partial charge in [-0.15, -0.1) is 0 Å². The molecule has 0 aliphatic heterocycles. The normalized spacial score (nSPS) is 9.88. The molecule has 3 heteroatoms. The lowest BCUT2D eigenvalue weighted by atomic mass is 10.5. The zero-order valence-corrected chi connectivity index (χ0v) is 4.14. The first-order chi connectivity index (χ1) is 3.81. The summed E-state index contributed by atoms with van der Waals surface area (Å²) >= 11 is 0. The second-order valence-corrected chi connectivity index (χ2v) is 1.02. The van der Waals surface area contributed by atoms with E-state index in [1.54, 1.807) is 6.92 Å². The summed E-state index contributed by atoms with van der Waals surface area (Å²) in [5.41, 5.74) is 2.12. The number of hydrogen-bond donors (Lipinski definition) is 1. The highest BCUT2D eigenvalue weighted by Crippen LogP contribution is 1.70. The van der Waals surface area contributed by atoms with Crippen molar-refractivity contribution in [2.24, 2.45) is 5.10 Å². The van der Waals surface area contributed by atoms with Crippen molar-refractivity contribution in [2.45, 2.75) is 20.8 Å². The molecule has 1 N–H and O–H groups in total. The molecule has 0 unspecified atom stereocenters. The van der Waals surface area contributed by atoms with Crippen molar-refractivity contribution < 1.29 is 6.17 Å². The van der Waals surface area contributed by atoms with Gasteiger partial charge in [0.25, 0.3) is 0 Å². The highest BCUT2D eigenvalue weighted by molar-refractivity contribution is 5.75. The Bertz CT molecular complexity index is 103. The Kier molecular flexibility index (Phi) is 5.48. The van der Waals surface area contributed by atoms with Gasteiger partial charge in [0, 0.05) is 13.1 Å². The molecule has 0 aromatic heterocycles. The molecule has 0 spiro atoms. The van der Waals surface area contributed by atoms with Gasteiger partial charge >= 0.3 is 0 Å². The Morgan fingerprint density at radius 3 is 3.12 bits per heavy atom. The summed E-state index contributed by atoms with van der Waals surface area (Å²) in [5.74, 6) is -0.173. The van der Waals surface area contributed by atoms with E-state index < -0.39 is 0 Å². The molecule has 0 bridgehead atoms. The molecule has 3 nitrogen and oxygen atoms in total. The van der Waals surface area contributed by atoms with Gasteiger partial charge in [0.2, 0.25) is 5.91 Å². The average molecular weight is 118 g/mol. The molecule has 0 aliphatic rings. The van der Waals surface area contributed by atoms with E-state index in [1.807, 2.05) is 0 Å². The van der Waals surface area contributed by atoms with Gasteiger partial charge in [-0.05, 0) is 0 Å². The first-order valence-electron chi connectivity index (χ1n) is 2.57. The number of carbonyl (C=O) groups is 1. The van der Waals surface area contributed by atoms with Crippen LogP contribution >= 0.6 is 0 Å². The van der Waals surface area contributed by atoms with Gasteiger partial charge < -0.3 is 0 Å². The maximum atomic E-state index is 10.3. The monoisotopic (exact) mass is 118 g/mol. The SMILES string of the molecule is C.[3H]C=NNC(=O)CC. The fourth-order valence-corrected chi connectivity index (χ4v) is 0.151. The molecular formula is C5H12N2O. The van der Waals surface area contributed by atoms with Crippen LogP contribution in [-0.4, -0.2) is 12.6 Å². The summed E-state index contributed by atoms with van der Waals surface area (Å²) in [6.07, 6.45) is 0.400. The molecule has 0 atom stereocenters. The van der Waals surface area contributed by atoms with Gasteiger partial charge in [0.05, 0.1) is 1.37 Å². The van der Waals surface area contributed by atoms with Crippen LogP contribution in [0.15, 0.2) is 5.10 Å². The molecule has 0 saturated heterocycles. The van der Waals surface area contributed by atoms with Crippen molar-refractivity contribution >= 4 is 12.6 Å². The maximum Gasteiger partial charge on any atom is 0.239 e. The van der Waals surface area contributed by atoms with Crippen molar-refractivity contribution in [3.05, 3.63) is 0 Å². The third-order valence-corrected chi connectivity index (χ3v) is 0.510. The van der Waals surface area contributed by atoms with Crippen molar-refractivity contribution in [2.75, 3.05) is 0 Å². The second-order valence-electron chi connectivity index (χ2n) is 1.02. The molecule has 8 heavy (non-hydrogen) atoms. The van der Waals surface area contributed by atoms with Gasteiger partial charge in [0.1, 0.15) is 0 Å². The predicted octanol–water partition coefficient (Wildman–Crippen LogP) is 0.764. The van der Waals surface area contributed by atoms with Crippen LogP contribution in [0.4, 0.5) is 0 Å². The summed E-state index contributed by atoms with van der Waals surface area (Å²) in [4.78, 5) is 10.3. The Balaban J connectivity index is 0. The van der Waals surface area contributed by atoms with Crippen molar-refractivity contribution in [1.29, 1.82) is 0 Å². The van der Waals surface area contributed by atoms with Crippen molar-refractivity contribution in [3.8, 4) is 0 Å². The molecule has 0 fully saturated rings. The highest BCUT2D eigenvalue weighted by Gasteiger charge is 1.87. The smallest absolute Gasteiger partial charge is 0.239 e. The van der Waals surface area contributed by atoms with Crippen LogP contribution in [0, 0.1) is 0 Å². The Morgan fingerprint density at radius 2 is 2.75 bits per heavy atom. The van der Waals surface area contributed by atoms with E-state index in [0.717, 1.165) is 6.69 Å². The lowest BCUT2D eigenvalue weighted by Crippen LogP contribution is -2.14. The van der Waals surface area contributed by atoms with E-state index in [2.05, 4.69) is 10.5 Å². The van der Waals surface area contributed by atoms with Crippen LogP contribution in [0.5, 0.6) is 0 Å². The quantitative estimate of drug-likeness (QED) is 0.422. The van der Waals surface area contributed by atoms with E-state index in [0.29, 0.717) is 6.42 Å². The minimum Gasteiger partial charge on any atom is -0.273 e. The van der Waals surface area contributed by atoms with E-state index in [4.69, 9.17) is 1.37 Å². The third kappa shape index (κ3) is 5.14. The maximum absolute atomic E-state index is 10.3. The summed E-state index contributed by atoms with van der Waals surface area (Å²) in [6, 6.07) is 0. The Hall–Kier alpha value is -0.860. The molecule has 0 rings (SSSR count). The number of nitrogens with zero attached hydrogens (tertiary/aromatic N) is 1. The van der Waals surface area contributed by atoms with Gasteiger partial charge in [-0.1, -0.05) is 14.4 Å². The lowest BCUT2D eigenvalue weighted by Gasteiger charge is -1.88. The van der Waals surface area contributed by atoms with Crippen LogP contribution in [0.1, 0.15) is 22.1 Å². The number of amides is 1. The molecule has 0 aromatic rings. The van der Waals surface area contributed by atoms with Crippen LogP contribution in [-0.2, 0) is 4.79 Å². The summed E-state index contributed by atoms with van der Waals surface area (Å²) in [5, 5.41) is 3.18. The number of hydrazone groups is 1. The molecule has 1 amide bonds. The number of hydrogen-bond acceptors (Lipinski definition) is 2. The standard InChI is InChI=1S/C4H8N2O.CH4/c1-3-4(7)6-5-2;/h2-3H2,1H3,(H,6,7);1H4/i2T;. The molecule has 0 aromatic carbocycles. The van der Waals surface area contributed by atoms with Crippen LogP contribution in [0.25, 0.3) is 0 Å². The van der Waals surface area contributed by atoms with E-state index in [9.17, 15) is 4.79 Å². The van der Waals surface area contributed by atoms with Gasteiger partial charge in [-0.2, -0.15) is 5.10 Å². The van der Waals surface area contributed by atoms with Crippen molar-refractivity contribution in [1.82, 2.24) is 5.43 Å². The zero-order valence-electron chi connectivity index (χ0n) is 5.14. The molecule has 0 aliphatic carbocycles. The first kappa shape index (κ1) is 7.14. The molecule has 0 radical (unpaired) electrons. The summed E-state index contributed by atoms with van der Waals surface area (Å²) in [7, 11) is 0. The average Bonchev–Trinajstić information content (AvgIpc) is 1.83. The second kappa shape index (κ2) is 6.14. The number of nitrogens with one attached hydrogen (secondary N) is 1. The fraction of sp³-hybridized carbons (Fsp3) is 0.600. The van der Waals surface area contributed by atoms with Gasteiger partial charge in [-0.25, -0.2) is 5.43 Å². The van der Waals surface area contributed by atoms with E-state index in [-0.39, 0.29) is 13.3 Å². The summed E-state index contributed by atoms with van der Waals surface area (Å²) < 4.78 is 6.36. The lowest BCUT2D eigenvalue weighted by molar-refractivity contribution is -0.120. The zero-order chi connectivity index (χ0) is 6.41. The molecular weight excluding hydrogens is 104 g/mol. The predicted molar refractivity (Wildman–Crippen MR) is 34.7 cm³/mol. The van der Waals surface area contributed by atoms with E-state index in [1.165, 1.54) is 0 Å². The minimum atomic E-state index is -0.173. The Labute approximate surface area is 51.2 Å². The van der Waals surface area contributed by atoms with Crippen LogP contribution in [0.3, 0.4) is 0 Å². The summed E-state index contributed by atoms with van der Waals surface area (Å²) in [6.45, 7) is 2.50. The number of rotatable bonds is 2. The Morgan fingerprint density at radius 1 is 2.12 bits per heavy atom. The topological polar surface area (TPSA) is 41.5 Å². The van der Waals surface area contributed by atoms with Gasteiger partial charge in [0.15, 0.2) is 0 Å². The third-order valence-electron chi connectivity index (χ3n) is 0.510. The van der Waals surface area contributed by atoms with E-state index >= 15 is 0 Å². The number of carbonyl (C=O) groups excluding carboxylic acids is 1. The molecule has 0 heterocycles. The molecule has 48 valence electrons. The van der Waals surface area contributed by atoms with Crippen molar-refractivity contribution in [3.63, 3.8) is 0 Å².